The average molecular weight is 397 g/mol. The van der Waals surface area contributed by atoms with Crippen LogP contribution in [-0.2, 0) is 30.7 Å². The van der Waals surface area contributed by atoms with E-state index >= 15 is 0 Å². The van der Waals surface area contributed by atoms with E-state index in [1.807, 2.05) is 0 Å². The lowest BCUT2D eigenvalue weighted by molar-refractivity contribution is -0.0277. The summed E-state index contributed by atoms with van der Waals surface area (Å²) < 4.78 is 5.63. The fourth-order valence-corrected chi connectivity index (χ4v) is 4.46. The Labute approximate surface area is 173 Å². The minimum atomic E-state index is -0.533. The molecule has 2 unspecified atom stereocenters. The molecule has 0 amide bonds. The Kier molecular flexibility index (Phi) is 6.95. The molecular weight excluding hydrogens is 364 g/mol. The average Bonchev–Trinajstić information content (AvgIpc) is 2.73. The van der Waals surface area contributed by atoms with E-state index < -0.39 is 12.2 Å². The van der Waals surface area contributed by atoms with Crippen LogP contribution in [0.2, 0.25) is 0 Å². The third-order valence-electron chi connectivity index (χ3n) is 5.98. The zero-order chi connectivity index (χ0) is 20.1. The third kappa shape index (κ3) is 5.65. The second kappa shape index (κ2) is 9.83. The minimum Gasteiger partial charge on any atom is -0.389 e. The third-order valence-corrected chi connectivity index (χ3v) is 5.98. The minimum absolute atomic E-state index is 0.262. The van der Waals surface area contributed by atoms with Crippen molar-refractivity contribution in [3.8, 4) is 0 Å². The van der Waals surface area contributed by atoms with Gasteiger partial charge in [-0.2, -0.15) is 0 Å². The van der Waals surface area contributed by atoms with E-state index in [0.717, 1.165) is 39.0 Å². The smallest absolute Gasteiger partial charge is 0.0900 e. The molecule has 29 heavy (non-hydrogen) atoms. The summed E-state index contributed by atoms with van der Waals surface area (Å²) in [6.07, 6.45) is 0.992. The number of fused-ring (bicyclic) bond motifs is 2. The molecule has 0 radical (unpaired) electrons. The summed E-state index contributed by atoms with van der Waals surface area (Å²) in [6, 6.07) is 17.0. The molecule has 0 aliphatic carbocycles. The van der Waals surface area contributed by atoms with Gasteiger partial charge in [-0.1, -0.05) is 48.5 Å². The number of rotatable bonds is 8. The first-order chi connectivity index (χ1) is 14.2. The number of β-amino-alcohol motifs (C(OH)–C–C–N with tert-alkyl or cyclic N) is 2. The molecule has 2 aromatic carbocycles. The predicted molar refractivity (Wildman–Crippen MR) is 114 cm³/mol. The van der Waals surface area contributed by atoms with Crippen molar-refractivity contribution in [2.75, 3.05) is 39.4 Å². The Hall–Kier alpha value is -1.76. The molecule has 0 saturated heterocycles. The van der Waals surface area contributed by atoms with Gasteiger partial charge in [0.15, 0.2) is 0 Å². The Morgan fingerprint density at radius 3 is 1.55 bits per heavy atom. The molecule has 4 rings (SSSR count). The van der Waals surface area contributed by atoms with Gasteiger partial charge in [0.1, 0.15) is 0 Å². The van der Waals surface area contributed by atoms with Crippen LogP contribution < -0.4 is 0 Å². The first-order valence-electron chi connectivity index (χ1n) is 10.7. The molecule has 156 valence electrons. The maximum atomic E-state index is 10.3. The molecular formula is C24H32N2O3. The first-order valence-corrected chi connectivity index (χ1v) is 10.7. The Morgan fingerprint density at radius 2 is 1.10 bits per heavy atom. The van der Waals surface area contributed by atoms with Crippen molar-refractivity contribution >= 4 is 0 Å². The molecule has 0 fully saturated rings. The molecule has 0 saturated carbocycles. The Bertz CT molecular complexity index is 732. The number of ether oxygens (including phenoxy) is 1. The fourth-order valence-electron chi connectivity index (χ4n) is 4.46. The first kappa shape index (κ1) is 20.5. The second-order valence-electron chi connectivity index (χ2n) is 8.35. The maximum absolute atomic E-state index is 10.3. The van der Waals surface area contributed by atoms with Crippen molar-refractivity contribution in [3.63, 3.8) is 0 Å². The van der Waals surface area contributed by atoms with Crippen molar-refractivity contribution in [2.45, 2.75) is 38.1 Å². The summed E-state index contributed by atoms with van der Waals surface area (Å²) in [5, 5.41) is 20.7. The number of hydrogen-bond acceptors (Lipinski definition) is 5. The summed E-state index contributed by atoms with van der Waals surface area (Å²) >= 11 is 0. The van der Waals surface area contributed by atoms with Crippen LogP contribution in [0.5, 0.6) is 0 Å². The fraction of sp³-hybridized carbons (Fsp3) is 0.500. The number of nitrogens with zero attached hydrogens (tertiary/aromatic N) is 2. The molecule has 2 aliphatic heterocycles. The van der Waals surface area contributed by atoms with Gasteiger partial charge in [-0.15, -0.1) is 0 Å². The van der Waals surface area contributed by atoms with Crippen LogP contribution in [0.4, 0.5) is 0 Å². The lowest BCUT2D eigenvalue weighted by Gasteiger charge is -2.31. The van der Waals surface area contributed by atoms with Crippen molar-refractivity contribution in [1.82, 2.24) is 9.80 Å². The van der Waals surface area contributed by atoms with Gasteiger partial charge in [0, 0.05) is 39.3 Å². The number of aliphatic hydroxyl groups excluding tert-OH is 2. The lowest BCUT2D eigenvalue weighted by Crippen LogP contribution is -2.40. The van der Waals surface area contributed by atoms with E-state index in [1.54, 1.807) is 0 Å². The quantitative estimate of drug-likeness (QED) is 0.713. The molecule has 2 atom stereocenters. The van der Waals surface area contributed by atoms with Gasteiger partial charge < -0.3 is 14.9 Å². The highest BCUT2D eigenvalue weighted by atomic mass is 16.5. The summed E-state index contributed by atoms with van der Waals surface area (Å²) in [5.74, 6) is 0. The topological polar surface area (TPSA) is 56.2 Å². The molecule has 0 bridgehead atoms. The van der Waals surface area contributed by atoms with Crippen LogP contribution in [-0.4, -0.2) is 71.6 Å². The summed E-state index contributed by atoms with van der Waals surface area (Å²) in [5.41, 5.74) is 5.53. The van der Waals surface area contributed by atoms with Crippen LogP contribution in [0, 0.1) is 0 Å². The van der Waals surface area contributed by atoms with E-state index in [-0.39, 0.29) is 13.2 Å². The Morgan fingerprint density at radius 1 is 0.690 bits per heavy atom. The molecule has 2 aromatic rings. The zero-order valence-corrected chi connectivity index (χ0v) is 17.0. The monoisotopic (exact) mass is 396 g/mol. The van der Waals surface area contributed by atoms with Crippen LogP contribution >= 0.6 is 0 Å². The van der Waals surface area contributed by atoms with Crippen molar-refractivity contribution in [3.05, 3.63) is 70.8 Å². The van der Waals surface area contributed by atoms with Crippen LogP contribution in [0.15, 0.2) is 48.5 Å². The van der Waals surface area contributed by atoms with Crippen molar-refractivity contribution < 1.29 is 14.9 Å². The normalized spacial score (nSPS) is 19.4. The summed E-state index contributed by atoms with van der Waals surface area (Å²) in [4.78, 5) is 4.55. The van der Waals surface area contributed by atoms with Gasteiger partial charge >= 0.3 is 0 Å². The SMILES string of the molecule is OC(COCC(O)CN1CCc2ccccc2C1)CN1CCc2ccccc2C1. The van der Waals surface area contributed by atoms with Gasteiger partial charge in [-0.25, -0.2) is 0 Å². The number of hydrogen-bond donors (Lipinski definition) is 2. The van der Waals surface area contributed by atoms with Gasteiger partial charge in [-0.3, -0.25) is 9.80 Å². The van der Waals surface area contributed by atoms with Crippen LogP contribution in [0.1, 0.15) is 22.3 Å². The van der Waals surface area contributed by atoms with Crippen molar-refractivity contribution in [2.24, 2.45) is 0 Å². The number of aliphatic hydroxyl groups is 2. The second-order valence-corrected chi connectivity index (χ2v) is 8.35. The maximum Gasteiger partial charge on any atom is 0.0900 e. The predicted octanol–water partition coefficient (Wildman–Crippen LogP) is 1.84. The zero-order valence-electron chi connectivity index (χ0n) is 17.0. The standard InChI is InChI=1S/C24H32N2O3/c27-23(15-25-11-9-19-5-1-3-7-21(19)13-25)17-29-18-24(28)16-26-12-10-20-6-2-4-8-22(20)14-26/h1-8,23-24,27-28H,9-18H2. The molecule has 0 spiro atoms. The molecule has 5 nitrogen and oxygen atoms in total. The van der Waals surface area contributed by atoms with E-state index in [4.69, 9.17) is 4.74 Å². The van der Waals surface area contributed by atoms with Gasteiger partial charge in [0.2, 0.25) is 0 Å². The van der Waals surface area contributed by atoms with Gasteiger partial charge in [0.25, 0.3) is 0 Å². The molecule has 2 aliphatic rings. The number of benzene rings is 2. The summed E-state index contributed by atoms with van der Waals surface area (Å²) in [7, 11) is 0. The highest BCUT2D eigenvalue weighted by Crippen LogP contribution is 2.19. The van der Waals surface area contributed by atoms with Crippen LogP contribution in [0.25, 0.3) is 0 Å². The molecule has 0 aromatic heterocycles. The Balaban J connectivity index is 1.14. The van der Waals surface area contributed by atoms with E-state index in [2.05, 4.69) is 58.3 Å². The lowest BCUT2D eigenvalue weighted by atomic mass is 10.00. The van der Waals surface area contributed by atoms with Gasteiger partial charge in [-0.05, 0) is 35.1 Å². The molecule has 2 N–H and O–H groups in total. The van der Waals surface area contributed by atoms with E-state index in [1.165, 1.54) is 22.3 Å². The molecule has 5 heteroatoms. The largest absolute Gasteiger partial charge is 0.389 e. The molecule has 2 heterocycles. The van der Waals surface area contributed by atoms with E-state index in [9.17, 15) is 10.2 Å². The van der Waals surface area contributed by atoms with Gasteiger partial charge in [0.05, 0.1) is 25.4 Å². The van der Waals surface area contributed by atoms with Crippen LogP contribution in [0.3, 0.4) is 0 Å². The highest BCUT2D eigenvalue weighted by molar-refractivity contribution is 5.29. The van der Waals surface area contributed by atoms with E-state index in [0.29, 0.717) is 13.1 Å². The highest BCUT2D eigenvalue weighted by Gasteiger charge is 2.20. The van der Waals surface area contributed by atoms with Crippen molar-refractivity contribution in [1.29, 1.82) is 0 Å². The summed E-state index contributed by atoms with van der Waals surface area (Å²) in [6.45, 7) is 5.43.